The summed E-state index contributed by atoms with van der Waals surface area (Å²) in [4.78, 5) is 2.72. The summed E-state index contributed by atoms with van der Waals surface area (Å²) in [6.45, 7) is 12.7. The van der Waals surface area contributed by atoms with Gasteiger partial charge in [-0.3, -0.25) is 4.90 Å². The number of rotatable bonds is 6. The molecule has 2 saturated heterocycles. The number of hydrogen-bond donors (Lipinski definition) is 1. The lowest BCUT2D eigenvalue weighted by Gasteiger charge is -2.49. The molecule has 2 fully saturated rings. The molecule has 2 heterocycles. The maximum atomic E-state index is 5.77. The van der Waals surface area contributed by atoms with Crippen LogP contribution in [0.25, 0.3) is 0 Å². The average molecular weight is 282 g/mol. The second-order valence-corrected chi connectivity index (χ2v) is 7.11. The first-order valence-corrected chi connectivity index (χ1v) is 8.72. The van der Waals surface area contributed by atoms with Crippen molar-refractivity contribution in [2.75, 3.05) is 32.8 Å². The average Bonchev–Trinajstić information content (AvgIpc) is 2.49. The molecule has 0 amide bonds. The van der Waals surface area contributed by atoms with Crippen LogP contribution in [0.3, 0.4) is 0 Å². The summed E-state index contributed by atoms with van der Waals surface area (Å²) in [6.07, 6.45) is 7.90. The SMILES string of the molecule is CCCNC(C1CCCOC1)C(C)(C)N1CCCCC1. The van der Waals surface area contributed by atoms with E-state index in [0.29, 0.717) is 12.0 Å². The van der Waals surface area contributed by atoms with E-state index in [1.807, 2.05) is 0 Å². The van der Waals surface area contributed by atoms with Crippen LogP contribution in [0.1, 0.15) is 59.3 Å². The molecule has 2 atom stereocenters. The Morgan fingerprint density at radius 1 is 1.20 bits per heavy atom. The Balaban J connectivity index is 2.05. The molecule has 0 aromatic heterocycles. The summed E-state index contributed by atoms with van der Waals surface area (Å²) >= 11 is 0. The summed E-state index contributed by atoms with van der Waals surface area (Å²) in [6, 6.07) is 0.556. The van der Waals surface area contributed by atoms with Crippen LogP contribution in [-0.4, -0.2) is 49.3 Å². The zero-order valence-electron chi connectivity index (χ0n) is 13.8. The van der Waals surface area contributed by atoms with E-state index in [0.717, 1.165) is 19.8 Å². The number of nitrogens with one attached hydrogen (secondary N) is 1. The van der Waals surface area contributed by atoms with Gasteiger partial charge in [-0.1, -0.05) is 13.3 Å². The van der Waals surface area contributed by atoms with E-state index in [1.165, 1.54) is 51.6 Å². The maximum Gasteiger partial charge on any atom is 0.0509 e. The van der Waals surface area contributed by atoms with Crippen molar-refractivity contribution in [2.45, 2.75) is 70.9 Å². The minimum atomic E-state index is 0.237. The fourth-order valence-electron chi connectivity index (χ4n) is 3.99. The molecule has 2 aliphatic rings. The minimum absolute atomic E-state index is 0.237. The molecule has 0 aromatic rings. The molecule has 3 nitrogen and oxygen atoms in total. The van der Waals surface area contributed by atoms with Crippen molar-refractivity contribution in [2.24, 2.45) is 5.92 Å². The van der Waals surface area contributed by atoms with Gasteiger partial charge in [0.05, 0.1) is 6.61 Å². The highest BCUT2D eigenvalue weighted by molar-refractivity contribution is 4.98. The van der Waals surface area contributed by atoms with E-state index in [2.05, 4.69) is 31.0 Å². The topological polar surface area (TPSA) is 24.5 Å². The molecule has 2 aliphatic heterocycles. The van der Waals surface area contributed by atoms with Crippen molar-refractivity contribution < 1.29 is 4.74 Å². The molecule has 0 aromatic carbocycles. The number of nitrogens with zero attached hydrogens (tertiary/aromatic N) is 1. The van der Waals surface area contributed by atoms with Crippen molar-refractivity contribution in [1.82, 2.24) is 10.2 Å². The molecular formula is C17H34N2O. The second kappa shape index (κ2) is 7.77. The van der Waals surface area contributed by atoms with Gasteiger partial charge in [-0.2, -0.15) is 0 Å². The van der Waals surface area contributed by atoms with E-state index in [9.17, 15) is 0 Å². The van der Waals surface area contributed by atoms with Crippen molar-refractivity contribution in [1.29, 1.82) is 0 Å². The van der Waals surface area contributed by atoms with E-state index < -0.39 is 0 Å². The van der Waals surface area contributed by atoms with E-state index in [4.69, 9.17) is 4.74 Å². The van der Waals surface area contributed by atoms with Gasteiger partial charge in [-0.25, -0.2) is 0 Å². The summed E-state index contributed by atoms with van der Waals surface area (Å²) < 4.78 is 5.77. The number of likely N-dealkylation sites (tertiary alicyclic amines) is 1. The van der Waals surface area contributed by atoms with Crippen LogP contribution >= 0.6 is 0 Å². The van der Waals surface area contributed by atoms with Crippen LogP contribution in [0.5, 0.6) is 0 Å². The van der Waals surface area contributed by atoms with Crippen LogP contribution in [0.4, 0.5) is 0 Å². The fourth-order valence-corrected chi connectivity index (χ4v) is 3.99. The molecule has 3 heteroatoms. The Hall–Kier alpha value is -0.120. The Morgan fingerprint density at radius 3 is 2.55 bits per heavy atom. The maximum absolute atomic E-state index is 5.77. The van der Waals surface area contributed by atoms with Gasteiger partial charge < -0.3 is 10.1 Å². The van der Waals surface area contributed by atoms with E-state index in [1.54, 1.807) is 0 Å². The van der Waals surface area contributed by atoms with Crippen molar-refractivity contribution in [3.05, 3.63) is 0 Å². The Kier molecular flexibility index (Phi) is 6.31. The number of ether oxygens (including phenoxy) is 1. The molecule has 0 spiro atoms. The normalized spacial score (nSPS) is 27.4. The highest BCUT2D eigenvalue weighted by Gasteiger charge is 2.40. The van der Waals surface area contributed by atoms with Gasteiger partial charge in [0.2, 0.25) is 0 Å². The first-order valence-electron chi connectivity index (χ1n) is 8.72. The molecule has 0 saturated carbocycles. The highest BCUT2D eigenvalue weighted by Crippen LogP contribution is 2.31. The molecule has 118 valence electrons. The van der Waals surface area contributed by atoms with E-state index in [-0.39, 0.29) is 5.54 Å². The molecule has 20 heavy (non-hydrogen) atoms. The molecule has 0 bridgehead atoms. The van der Waals surface area contributed by atoms with Crippen molar-refractivity contribution in [3.8, 4) is 0 Å². The monoisotopic (exact) mass is 282 g/mol. The third-order valence-electron chi connectivity index (χ3n) is 5.21. The first kappa shape index (κ1) is 16.3. The van der Waals surface area contributed by atoms with E-state index >= 15 is 0 Å². The lowest BCUT2D eigenvalue weighted by atomic mass is 9.79. The summed E-state index contributed by atoms with van der Waals surface area (Å²) in [5.41, 5.74) is 0.237. The first-order chi connectivity index (χ1) is 9.66. The van der Waals surface area contributed by atoms with Crippen LogP contribution < -0.4 is 5.32 Å². The zero-order valence-corrected chi connectivity index (χ0v) is 13.8. The highest BCUT2D eigenvalue weighted by atomic mass is 16.5. The largest absolute Gasteiger partial charge is 0.381 e. The molecule has 0 aliphatic carbocycles. The minimum Gasteiger partial charge on any atom is -0.381 e. The summed E-state index contributed by atoms with van der Waals surface area (Å²) in [7, 11) is 0. The smallest absolute Gasteiger partial charge is 0.0509 e. The summed E-state index contributed by atoms with van der Waals surface area (Å²) in [5.74, 6) is 0.673. The Bertz CT molecular complexity index is 268. The van der Waals surface area contributed by atoms with Crippen LogP contribution in [0, 0.1) is 5.92 Å². The quantitative estimate of drug-likeness (QED) is 0.810. The van der Waals surface area contributed by atoms with Crippen LogP contribution in [0.2, 0.25) is 0 Å². The zero-order chi connectivity index (χ0) is 14.4. The summed E-state index contributed by atoms with van der Waals surface area (Å²) in [5, 5.41) is 3.86. The van der Waals surface area contributed by atoms with Gasteiger partial charge >= 0.3 is 0 Å². The lowest BCUT2D eigenvalue weighted by molar-refractivity contribution is -0.0138. The van der Waals surface area contributed by atoms with Gasteiger partial charge in [-0.15, -0.1) is 0 Å². The molecule has 2 rings (SSSR count). The second-order valence-electron chi connectivity index (χ2n) is 7.11. The van der Waals surface area contributed by atoms with Crippen molar-refractivity contribution >= 4 is 0 Å². The number of piperidine rings is 1. The molecule has 0 radical (unpaired) electrons. The predicted octanol–water partition coefficient (Wildman–Crippen LogP) is 3.05. The molecular weight excluding hydrogens is 248 g/mol. The standard InChI is InChI=1S/C17H34N2O/c1-4-10-18-16(15-9-8-13-20-14-15)17(2,3)19-11-6-5-7-12-19/h15-16,18H,4-14H2,1-3H3. The third-order valence-corrected chi connectivity index (χ3v) is 5.21. The van der Waals surface area contributed by atoms with Gasteiger partial charge in [0.25, 0.3) is 0 Å². The molecule has 2 unspecified atom stereocenters. The lowest BCUT2D eigenvalue weighted by Crippen LogP contribution is -2.62. The van der Waals surface area contributed by atoms with Gasteiger partial charge in [-0.05, 0) is 71.5 Å². The van der Waals surface area contributed by atoms with Gasteiger partial charge in [0, 0.05) is 18.2 Å². The predicted molar refractivity (Wildman–Crippen MR) is 85.1 cm³/mol. The fraction of sp³-hybridized carbons (Fsp3) is 1.00. The van der Waals surface area contributed by atoms with Crippen molar-refractivity contribution in [3.63, 3.8) is 0 Å². The Labute approximate surface area is 125 Å². The third kappa shape index (κ3) is 3.96. The molecule has 1 N–H and O–H groups in total. The van der Waals surface area contributed by atoms with Gasteiger partial charge in [0.1, 0.15) is 0 Å². The number of hydrogen-bond acceptors (Lipinski definition) is 3. The van der Waals surface area contributed by atoms with Gasteiger partial charge in [0.15, 0.2) is 0 Å². The van der Waals surface area contributed by atoms with Crippen LogP contribution in [0.15, 0.2) is 0 Å². The Morgan fingerprint density at radius 2 is 1.95 bits per heavy atom. The van der Waals surface area contributed by atoms with Crippen LogP contribution in [-0.2, 0) is 4.74 Å².